The Morgan fingerprint density at radius 2 is 1.97 bits per heavy atom. The molecule has 2 heterocycles. The number of carboxylic acids is 1. The zero-order valence-electron chi connectivity index (χ0n) is 17.8. The summed E-state index contributed by atoms with van der Waals surface area (Å²) in [6.45, 7) is 4.28. The van der Waals surface area contributed by atoms with E-state index in [4.69, 9.17) is 18.3 Å². The number of carbonyl (C=O) groups is 1. The lowest BCUT2D eigenvalue weighted by Crippen LogP contribution is -2.05. The molecular weight excluding hydrogens is 410 g/mol. The Morgan fingerprint density at radius 3 is 2.72 bits per heavy atom. The molecule has 2 aromatic carbocycles. The lowest BCUT2D eigenvalue weighted by Gasteiger charge is -2.08. The quantitative estimate of drug-likeness (QED) is 0.276. The predicted octanol–water partition coefficient (Wildman–Crippen LogP) is 5.48. The Balaban J connectivity index is 1.49. The Labute approximate surface area is 184 Å². The first-order valence-electron chi connectivity index (χ1n) is 10.3. The van der Waals surface area contributed by atoms with Crippen molar-refractivity contribution in [3.8, 4) is 17.2 Å². The molecule has 0 aliphatic carbocycles. The minimum absolute atomic E-state index is 0.144. The van der Waals surface area contributed by atoms with Gasteiger partial charge in [0, 0.05) is 17.5 Å². The summed E-state index contributed by atoms with van der Waals surface area (Å²) in [4.78, 5) is 16.0. The summed E-state index contributed by atoms with van der Waals surface area (Å²) >= 11 is 0. The van der Waals surface area contributed by atoms with Crippen molar-refractivity contribution in [1.29, 1.82) is 0 Å². The molecule has 2 aromatic heterocycles. The Bertz CT molecular complexity index is 1250. The molecule has 0 aliphatic rings. The Hall–Kier alpha value is -4.00. The van der Waals surface area contributed by atoms with E-state index in [0.717, 1.165) is 22.4 Å². The molecule has 7 nitrogen and oxygen atoms in total. The monoisotopic (exact) mass is 433 g/mol. The maximum absolute atomic E-state index is 11.4. The molecule has 164 valence electrons. The second kappa shape index (κ2) is 9.43. The van der Waals surface area contributed by atoms with Crippen molar-refractivity contribution in [1.82, 2.24) is 4.98 Å². The molecule has 4 aromatic rings. The van der Waals surface area contributed by atoms with Crippen LogP contribution in [0.5, 0.6) is 5.75 Å². The SMILES string of the molecule is CCO/C(=C/c1ccc(OCCc2nc(-c3ccccc3)oc2C)c2ccoc12)C(=O)O. The van der Waals surface area contributed by atoms with Gasteiger partial charge in [-0.15, -0.1) is 0 Å². The fourth-order valence-electron chi connectivity index (χ4n) is 3.38. The Kier molecular flexibility index (Phi) is 6.26. The molecule has 0 aliphatic heterocycles. The number of furan rings is 1. The minimum atomic E-state index is -1.13. The molecule has 7 heteroatoms. The van der Waals surface area contributed by atoms with Gasteiger partial charge in [0.2, 0.25) is 11.6 Å². The molecule has 0 bridgehead atoms. The van der Waals surface area contributed by atoms with E-state index in [1.165, 1.54) is 6.08 Å². The van der Waals surface area contributed by atoms with Gasteiger partial charge in [0.25, 0.3) is 0 Å². The van der Waals surface area contributed by atoms with Crippen molar-refractivity contribution < 1.29 is 28.2 Å². The van der Waals surface area contributed by atoms with Crippen molar-refractivity contribution in [2.24, 2.45) is 0 Å². The van der Waals surface area contributed by atoms with Crippen LogP contribution in [0.4, 0.5) is 0 Å². The Morgan fingerprint density at radius 1 is 1.16 bits per heavy atom. The van der Waals surface area contributed by atoms with Crippen LogP contribution in [0, 0.1) is 6.92 Å². The fourth-order valence-corrected chi connectivity index (χ4v) is 3.38. The first-order valence-corrected chi connectivity index (χ1v) is 10.3. The highest BCUT2D eigenvalue weighted by Crippen LogP contribution is 2.31. The summed E-state index contributed by atoms with van der Waals surface area (Å²) in [5.74, 6) is 0.719. The van der Waals surface area contributed by atoms with Crippen molar-refractivity contribution in [2.75, 3.05) is 13.2 Å². The summed E-state index contributed by atoms with van der Waals surface area (Å²) in [5, 5.41) is 10.1. The summed E-state index contributed by atoms with van der Waals surface area (Å²) in [7, 11) is 0. The van der Waals surface area contributed by atoms with Gasteiger partial charge in [0.05, 0.1) is 30.6 Å². The largest absolute Gasteiger partial charge is 0.492 e. The van der Waals surface area contributed by atoms with Crippen molar-refractivity contribution in [2.45, 2.75) is 20.3 Å². The summed E-state index contributed by atoms with van der Waals surface area (Å²) in [6, 6.07) is 15.1. The molecule has 0 amide bonds. The number of nitrogens with zero attached hydrogens (tertiary/aromatic N) is 1. The average Bonchev–Trinajstić information content (AvgIpc) is 3.43. The van der Waals surface area contributed by atoms with Crippen LogP contribution >= 0.6 is 0 Å². The highest BCUT2D eigenvalue weighted by Gasteiger charge is 2.15. The molecule has 0 spiro atoms. The molecule has 4 rings (SSSR count). The second-order valence-corrected chi connectivity index (χ2v) is 7.05. The maximum atomic E-state index is 11.4. The van der Waals surface area contributed by atoms with Crippen LogP contribution in [0.3, 0.4) is 0 Å². The topological polar surface area (TPSA) is 94.9 Å². The number of aliphatic carboxylic acids is 1. The van der Waals surface area contributed by atoms with E-state index in [9.17, 15) is 9.90 Å². The zero-order valence-corrected chi connectivity index (χ0v) is 17.8. The molecule has 0 unspecified atom stereocenters. The third kappa shape index (κ3) is 4.51. The number of ether oxygens (including phenoxy) is 2. The van der Waals surface area contributed by atoms with Gasteiger partial charge in [0.1, 0.15) is 17.1 Å². The molecule has 1 N–H and O–H groups in total. The maximum Gasteiger partial charge on any atom is 0.371 e. The molecule has 0 saturated carbocycles. The third-order valence-corrected chi connectivity index (χ3v) is 4.91. The average molecular weight is 433 g/mol. The molecular formula is C25H23NO6. The summed E-state index contributed by atoms with van der Waals surface area (Å²) in [6.07, 6.45) is 3.58. The van der Waals surface area contributed by atoms with E-state index in [1.807, 2.05) is 37.3 Å². The smallest absolute Gasteiger partial charge is 0.371 e. The minimum Gasteiger partial charge on any atom is -0.492 e. The van der Waals surface area contributed by atoms with Crippen LogP contribution in [0.2, 0.25) is 0 Å². The predicted molar refractivity (Wildman–Crippen MR) is 119 cm³/mol. The number of hydrogen-bond donors (Lipinski definition) is 1. The van der Waals surface area contributed by atoms with E-state index in [-0.39, 0.29) is 12.4 Å². The van der Waals surface area contributed by atoms with Crippen molar-refractivity contribution in [3.63, 3.8) is 0 Å². The molecule has 32 heavy (non-hydrogen) atoms. The number of carboxylic acid groups (broad SMARTS) is 1. The van der Waals surface area contributed by atoms with Gasteiger partial charge in [-0.05, 0) is 50.3 Å². The van der Waals surface area contributed by atoms with Crippen LogP contribution in [0.15, 0.2) is 69.4 Å². The van der Waals surface area contributed by atoms with Gasteiger partial charge in [-0.25, -0.2) is 9.78 Å². The number of aromatic nitrogens is 1. The van der Waals surface area contributed by atoms with Crippen molar-refractivity contribution >= 4 is 23.0 Å². The number of oxazole rings is 1. The van der Waals surface area contributed by atoms with Gasteiger partial charge in [0.15, 0.2) is 0 Å². The van der Waals surface area contributed by atoms with Crippen LogP contribution < -0.4 is 4.74 Å². The van der Waals surface area contributed by atoms with Gasteiger partial charge in [-0.1, -0.05) is 18.2 Å². The van der Waals surface area contributed by atoms with E-state index in [1.54, 1.807) is 31.4 Å². The molecule has 0 atom stereocenters. The van der Waals surface area contributed by atoms with Crippen LogP contribution in [0.1, 0.15) is 23.9 Å². The van der Waals surface area contributed by atoms with Gasteiger partial charge >= 0.3 is 5.97 Å². The van der Waals surface area contributed by atoms with E-state index in [0.29, 0.717) is 35.8 Å². The van der Waals surface area contributed by atoms with Crippen LogP contribution in [-0.4, -0.2) is 29.3 Å². The normalized spacial score (nSPS) is 11.6. The number of benzene rings is 2. The number of hydrogen-bond acceptors (Lipinski definition) is 6. The summed E-state index contributed by atoms with van der Waals surface area (Å²) in [5.41, 5.74) is 2.90. The molecule has 0 saturated heterocycles. The van der Waals surface area contributed by atoms with E-state index >= 15 is 0 Å². The lowest BCUT2D eigenvalue weighted by molar-refractivity contribution is -0.136. The molecule has 0 fully saturated rings. The second-order valence-electron chi connectivity index (χ2n) is 7.05. The first-order chi connectivity index (χ1) is 15.6. The first kappa shape index (κ1) is 21.2. The molecule has 0 radical (unpaired) electrons. The zero-order chi connectivity index (χ0) is 22.5. The van der Waals surface area contributed by atoms with Crippen LogP contribution in [0.25, 0.3) is 28.5 Å². The van der Waals surface area contributed by atoms with Crippen molar-refractivity contribution in [3.05, 3.63) is 77.6 Å². The standard InChI is InChI=1S/C25H23NO6/c1-3-29-22(25(27)28)15-18-9-10-21(19-11-13-31-23(18)19)30-14-12-20-16(2)32-24(26-20)17-7-5-4-6-8-17/h4-11,13,15H,3,12,14H2,1-2H3,(H,27,28)/b22-15+. The lowest BCUT2D eigenvalue weighted by atomic mass is 10.1. The number of rotatable bonds is 9. The number of fused-ring (bicyclic) bond motifs is 1. The third-order valence-electron chi connectivity index (χ3n) is 4.91. The number of aryl methyl sites for hydroxylation is 1. The highest BCUT2D eigenvalue weighted by molar-refractivity contribution is 5.96. The van der Waals surface area contributed by atoms with E-state index < -0.39 is 5.97 Å². The van der Waals surface area contributed by atoms with Gasteiger partial charge in [-0.2, -0.15) is 0 Å². The van der Waals surface area contributed by atoms with Gasteiger partial charge < -0.3 is 23.4 Å². The van der Waals surface area contributed by atoms with E-state index in [2.05, 4.69) is 4.98 Å². The summed E-state index contributed by atoms with van der Waals surface area (Å²) < 4.78 is 22.6. The van der Waals surface area contributed by atoms with Crippen LogP contribution in [-0.2, 0) is 16.0 Å². The fraction of sp³-hybridized carbons (Fsp3) is 0.200. The van der Waals surface area contributed by atoms with Gasteiger partial charge in [-0.3, -0.25) is 0 Å². The highest BCUT2D eigenvalue weighted by atomic mass is 16.5.